The summed E-state index contributed by atoms with van der Waals surface area (Å²) in [6.07, 6.45) is 2.78. The molecule has 1 aliphatic heterocycles. The Morgan fingerprint density at radius 1 is 1.23 bits per heavy atom. The normalized spacial score (nSPS) is 22.8. The minimum atomic E-state index is -3.36. The van der Waals surface area contributed by atoms with Crippen molar-refractivity contribution in [3.63, 3.8) is 0 Å². The molecule has 2 fully saturated rings. The van der Waals surface area contributed by atoms with Crippen molar-refractivity contribution in [1.82, 2.24) is 4.31 Å². The van der Waals surface area contributed by atoms with Crippen LogP contribution in [0.4, 0.5) is 0 Å². The van der Waals surface area contributed by atoms with Crippen LogP contribution in [0.5, 0.6) is 0 Å². The number of fused-ring (bicyclic) bond motifs is 1. The van der Waals surface area contributed by atoms with Crippen LogP contribution in [0.2, 0.25) is 0 Å². The Labute approximate surface area is 156 Å². The number of aromatic carboxylic acids is 1. The molecule has 2 aromatic rings. The largest absolute Gasteiger partial charge is 0.477 e. The Balaban J connectivity index is 1.69. The van der Waals surface area contributed by atoms with Crippen molar-refractivity contribution in [3.05, 3.63) is 34.7 Å². The Morgan fingerprint density at radius 2 is 1.96 bits per heavy atom. The monoisotopic (exact) mass is 395 g/mol. The molecule has 140 valence electrons. The van der Waals surface area contributed by atoms with E-state index in [-0.39, 0.29) is 23.3 Å². The fourth-order valence-electron chi connectivity index (χ4n) is 3.97. The summed E-state index contributed by atoms with van der Waals surface area (Å²) in [4.78, 5) is 12.0. The summed E-state index contributed by atoms with van der Waals surface area (Å²) < 4.78 is 34.1. The first-order chi connectivity index (χ1) is 12.5. The second-order valence-corrected chi connectivity index (χ2v) is 10.1. The van der Waals surface area contributed by atoms with E-state index in [1.807, 2.05) is 24.3 Å². The average Bonchev–Trinajstić information content (AvgIpc) is 3.30. The van der Waals surface area contributed by atoms with E-state index in [1.54, 1.807) is 0 Å². The highest BCUT2D eigenvalue weighted by molar-refractivity contribution is 7.89. The number of nitrogens with zero attached hydrogens (tertiary/aromatic N) is 1. The standard InChI is InChI=1S/C18H21NO5S2/c20-18(21)17-16(13-7-3-4-8-15(13)25-17)14-11-19(9-10-24-14)26(22,23)12-5-1-2-6-12/h3-4,7-8,12,14H,1-2,5-6,9-11H2,(H,20,21). The lowest BCUT2D eigenvalue weighted by Crippen LogP contribution is -2.45. The predicted octanol–water partition coefficient (Wildman–Crippen LogP) is 3.25. The first-order valence-electron chi connectivity index (χ1n) is 8.84. The van der Waals surface area contributed by atoms with Crippen molar-refractivity contribution in [1.29, 1.82) is 0 Å². The summed E-state index contributed by atoms with van der Waals surface area (Å²) in [7, 11) is -3.36. The van der Waals surface area contributed by atoms with Crippen LogP contribution < -0.4 is 0 Å². The van der Waals surface area contributed by atoms with Crippen LogP contribution in [0.25, 0.3) is 10.1 Å². The maximum Gasteiger partial charge on any atom is 0.346 e. The zero-order valence-electron chi connectivity index (χ0n) is 14.3. The van der Waals surface area contributed by atoms with Gasteiger partial charge in [0.2, 0.25) is 10.0 Å². The van der Waals surface area contributed by atoms with E-state index < -0.39 is 22.1 Å². The van der Waals surface area contributed by atoms with Gasteiger partial charge in [0, 0.05) is 23.4 Å². The van der Waals surface area contributed by atoms with Gasteiger partial charge in [0.1, 0.15) is 4.88 Å². The first kappa shape index (κ1) is 17.9. The second kappa shape index (κ2) is 6.92. The molecular weight excluding hydrogens is 374 g/mol. The number of benzene rings is 1. The van der Waals surface area contributed by atoms with Gasteiger partial charge >= 0.3 is 5.97 Å². The van der Waals surface area contributed by atoms with Crippen LogP contribution in [0, 0.1) is 0 Å². The second-order valence-electron chi connectivity index (χ2n) is 6.82. The van der Waals surface area contributed by atoms with Crippen molar-refractivity contribution in [2.24, 2.45) is 0 Å². The molecule has 8 heteroatoms. The fourth-order valence-corrected chi connectivity index (χ4v) is 7.09. The van der Waals surface area contributed by atoms with Crippen LogP contribution in [0.1, 0.15) is 47.0 Å². The number of sulfonamides is 1. The Morgan fingerprint density at radius 3 is 2.69 bits per heavy atom. The van der Waals surface area contributed by atoms with Gasteiger partial charge in [0.15, 0.2) is 0 Å². The molecule has 1 unspecified atom stereocenters. The molecule has 0 spiro atoms. The molecule has 1 N–H and O–H groups in total. The summed E-state index contributed by atoms with van der Waals surface area (Å²) in [5.74, 6) is -0.999. The number of morpholine rings is 1. The molecule has 0 radical (unpaired) electrons. The van der Waals surface area contributed by atoms with Crippen molar-refractivity contribution < 1.29 is 23.1 Å². The van der Waals surface area contributed by atoms with E-state index >= 15 is 0 Å². The third-order valence-corrected chi connectivity index (χ3v) is 8.80. The number of hydrogen-bond donors (Lipinski definition) is 1. The van der Waals surface area contributed by atoms with Crippen molar-refractivity contribution in [2.45, 2.75) is 37.0 Å². The molecule has 1 atom stereocenters. The van der Waals surface area contributed by atoms with E-state index in [0.717, 1.165) is 22.9 Å². The molecule has 1 aliphatic carbocycles. The van der Waals surface area contributed by atoms with Crippen LogP contribution in [-0.4, -0.2) is 48.7 Å². The Bertz CT molecular complexity index is 930. The minimum Gasteiger partial charge on any atom is -0.477 e. The van der Waals surface area contributed by atoms with Gasteiger partial charge in [0.25, 0.3) is 0 Å². The van der Waals surface area contributed by atoms with E-state index in [2.05, 4.69) is 0 Å². The lowest BCUT2D eigenvalue weighted by atomic mass is 10.0. The summed E-state index contributed by atoms with van der Waals surface area (Å²) in [6.45, 7) is 0.791. The van der Waals surface area contributed by atoms with Crippen molar-refractivity contribution in [3.8, 4) is 0 Å². The predicted molar refractivity (Wildman–Crippen MR) is 100 cm³/mol. The van der Waals surface area contributed by atoms with Gasteiger partial charge in [-0.05, 0) is 24.3 Å². The third-order valence-electron chi connectivity index (χ3n) is 5.26. The molecular formula is C18H21NO5S2. The Kier molecular flexibility index (Phi) is 4.77. The highest BCUT2D eigenvalue weighted by Gasteiger charge is 2.38. The Hall–Kier alpha value is -1.48. The molecule has 26 heavy (non-hydrogen) atoms. The third kappa shape index (κ3) is 3.05. The molecule has 2 aliphatic rings. The number of hydrogen-bond acceptors (Lipinski definition) is 5. The summed E-state index contributed by atoms with van der Waals surface area (Å²) in [5.41, 5.74) is 0.601. The maximum atomic E-state index is 12.9. The number of carboxylic acid groups (broad SMARTS) is 1. The van der Waals surface area contributed by atoms with Crippen LogP contribution in [0.3, 0.4) is 0 Å². The van der Waals surface area contributed by atoms with Gasteiger partial charge < -0.3 is 9.84 Å². The lowest BCUT2D eigenvalue weighted by Gasteiger charge is -2.34. The van der Waals surface area contributed by atoms with Crippen LogP contribution in [-0.2, 0) is 14.8 Å². The number of carbonyl (C=O) groups is 1. The van der Waals surface area contributed by atoms with E-state index in [9.17, 15) is 18.3 Å². The molecule has 4 rings (SSSR count). The molecule has 1 aromatic carbocycles. The van der Waals surface area contributed by atoms with Gasteiger partial charge in [-0.25, -0.2) is 13.2 Å². The first-order valence-corrected chi connectivity index (χ1v) is 11.2. The molecule has 0 bridgehead atoms. The summed E-state index contributed by atoms with van der Waals surface area (Å²) >= 11 is 1.21. The zero-order chi connectivity index (χ0) is 18.3. The quantitative estimate of drug-likeness (QED) is 0.859. The van der Waals surface area contributed by atoms with E-state index in [0.29, 0.717) is 24.9 Å². The van der Waals surface area contributed by atoms with Crippen LogP contribution >= 0.6 is 11.3 Å². The molecule has 1 aromatic heterocycles. The van der Waals surface area contributed by atoms with Gasteiger partial charge in [-0.2, -0.15) is 4.31 Å². The van der Waals surface area contributed by atoms with Gasteiger partial charge in [0.05, 0.1) is 18.0 Å². The fraction of sp³-hybridized carbons (Fsp3) is 0.500. The van der Waals surface area contributed by atoms with Gasteiger partial charge in [-0.1, -0.05) is 31.0 Å². The van der Waals surface area contributed by atoms with Crippen molar-refractivity contribution in [2.75, 3.05) is 19.7 Å². The van der Waals surface area contributed by atoms with Crippen LogP contribution in [0.15, 0.2) is 24.3 Å². The van der Waals surface area contributed by atoms with E-state index in [4.69, 9.17) is 4.74 Å². The minimum absolute atomic E-state index is 0.180. The summed E-state index contributed by atoms with van der Waals surface area (Å²) in [6, 6.07) is 7.49. The van der Waals surface area contributed by atoms with Gasteiger partial charge in [-0.15, -0.1) is 11.3 Å². The SMILES string of the molecule is O=C(O)c1sc2ccccc2c1C1CN(S(=O)(=O)C2CCCC2)CCO1. The highest BCUT2D eigenvalue weighted by atomic mass is 32.2. The maximum absolute atomic E-state index is 12.9. The zero-order valence-corrected chi connectivity index (χ0v) is 15.9. The molecule has 0 amide bonds. The number of carboxylic acids is 1. The molecule has 2 heterocycles. The average molecular weight is 396 g/mol. The van der Waals surface area contributed by atoms with E-state index in [1.165, 1.54) is 15.6 Å². The highest BCUT2D eigenvalue weighted by Crippen LogP contribution is 2.39. The van der Waals surface area contributed by atoms with Gasteiger partial charge in [-0.3, -0.25) is 0 Å². The van der Waals surface area contributed by atoms with Crippen molar-refractivity contribution >= 4 is 37.4 Å². The molecule has 6 nitrogen and oxygen atoms in total. The number of thiophene rings is 1. The lowest BCUT2D eigenvalue weighted by molar-refractivity contribution is -0.00247. The smallest absolute Gasteiger partial charge is 0.346 e. The topological polar surface area (TPSA) is 83.9 Å². The summed E-state index contributed by atoms with van der Waals surface area (Å²) in [5, 5.41) is 10.1. The molecule has 1 saturated heterocycles. The number of rotatable bonds is 4. The molecule has 1 saturated carbocycles. The number of ether oxygens (including phenoxy) is 1.